The van der Waals surface area contributed by atoms with Gasteiger partial charge in [-0.2, -0.15) is 0 Å². The molecule has 0 unspecified atom stereocenters. The highest BCUT2D eigenvalue weighted by atomic mass is 16.5. The van der Waals surface area contributed by atoms with Crippen LogP contribution in [0.4, 0.5) is 0 Å². The average Bonchev–Trinajstić information content (AvgIpc) is 2.78. The maximum Gasteiger partial charge on any atom is 0.330 e. The van der Waals surface area contributed by atoms with Crippen LogP contribution in [0.3, 0.4) is 0 Å². The molecule has 0 aliphatic carbocycles. The Morgan fingerprint density at radius 2 is 1.30 bits per heavy atom. The van der Waals surface area contributed by atoms with Crippen molar-refractivity contribution in [2.45, 2.75) is 5.54 Å². The minimum Gasteiger partial charge on any atom is -0.478 e. The number of benzene rings is 3. The molecule has 30 heavy (non-hydrogen) atoms. The summed E-state index contributed by atoms with van der Waals surface area (Å²) in [6.45, 7) is 0.991. The van der Waals surface area contributed by atoms with Crippen molar-refractivity contribution >= 4 is 5.97 Å². The van der Waals surface area contributed by atoms with Gasteiger partial charge in [0.25, 0.3) is 0 Å². The maximum absolute atomic E-state index is 10.7. The van der Waals surface area contributed by atoms with Gasteiger partial charge in [0.1, 0.15) is 0 Å². The van der Waals surface area contributed by atoms with E-state index in [0.29, 0.717) is 13.2 Å². The summed E-state index contributed by atoms with van der Waals surface area (Å²) in [6, 6.07) is 30.9. The summed E-state index contributed by atoms with van der Waals surface area (Å²) in [5.41, 5.74) is 8.63. The van der Waals surface area contributed by atoms with Crippen molar-refractivity contribution in [1.29, 1.82) is 0 Å². The zero-order valence-corrected chi connectivity index (χ0v) is 16.7. The molecule has 0 aromatic heterocycles. The average molecular weight is 402 g/mol. The quantitative estimate of drug-likeness (QED) is 0.275. The molecule has 3 aromatic rings. The molecule has 0 amide bonds. The van der Waals surface area contributed by atoms with Gasteiger partial charge in [-0.3, -0.25) is 5.32 Å². The molecule has 0 radical (unpaired) electrons. The number of ether oxygens (including phenoxy) is 1. The fraction of sp³-hybridized carbons (Fsp3) is 0.160. The molecule has 154 valence electrons. The van der Waals surface area contributed by atoms with Crippen molar-refractivity contribution in [3.8, 4) is 0 Å². The number of carbonyl (C=O) groups is 1. The Bertz CT molecular complexity index is 861. The summed E-state index contributed by atoms with van der Waals surface area (Å²) in [5, 5.41) is 12.4. The predicted octanol–water partition coefficient (Wildman–Crippen LogP) is 3.51. The Morgan fingerprint density at radius 3 is 1.70 bits per heavy atom. The fourth-order valence-electron chi connectivity index (χ4n) is 3.57. The van der Waals surface area contributed by atoms with Crippen LogP contribution in [-0.4, -0.2) is 30.8 Å². The Morgan fingerprint density at radius 1 is 0.867 bits per heavy atom. The first-order chi connectivity index (χ1) is 14.6. The molecule has 5 nitrogen and oxygen atoms in total. The second-order valence-corrected chi connectivity index (χ2v) is 6.88. The normalized spacial score (nSPS) is 11.9. The summed E-state index contributed by atoms with van der Waals surface area (Å²) >= 11 is 0. The number of aliphatic carboxylic acids is 1. The first-order valence-corrected chi connectivity index (χ1v) is 9.81. The molecule has 0 spiro atoms. The molecule has 4 N–H and O–H groups in total. The molecule has 0 aliphatic heterocycles. The Labute approximate surface area is 176 Å². The number of rotatable bonds is 10. The Kier molecular flexibility index (Phi) is 7.38. The summed E-state index contributed by atoms with van der Waals surface area (Å²) in [6.07, 6.45) is 0.954. The molecule has 0 aliphatic rings. The molecule has 0 fully saturated rings. The third-order valence-electron chi connectivity index (χ3n) is 4.83. The van der Waals surface area contributed by atoms with Gasteiger partial charge in [-0.25, -0.2) is 4.79 Å². The lowest BCUT2D eigenvalue weighted by Gasteiger charge is -2.37. The molecule has 3 rings (SSSR count). The van der Waals surface area contributed by atoms with Crippen LogP contribution in [0.5, 0.6) is 0 Å². The van der Waals surface area contributed by atoms with Gasteiger partial charge in [-0.05, 0) is 16.7 Å². The van der Waals surface area contributed by atoms with Gasteiger partial charge < -0.3 is 15.6 Å². The van der Waals surface area contributed by atoms with Gasteiger partial charge in [0.15, 0.2) is 0 Å². The van der Waals surface area contributed by atoms with Crippen molar-refractivity contribution in [1.82, 2.24) is 5.32 Å². The molecule has 0 heterocycles. The highest BCUT2D eigenvalue weighted by Crippen LogP contribution is 2.36. The lowest BCUT2D eigenvalue weighted by Crippen LogP contribution is -2.46. The van der Waals surface area contributed by atoms with Gasteiger partial charge in [0.2, 0.25) is 0 Å². The zero-order chi connectivity index (χ0) is 21.2. The lowest BCUT2D eigenvalue weighted by atomic mass is 9.77. The largest absolute Gasteiger partial charge is 0.478 e. The Hall–Kier alpha value is -3.41. The topological polar surface area (TPSA) is 84.6 Å². The number of carboxylic acid groups (broad SMARTS) is 1. The fourth-order valence-corrected chi connectivity index (χ4v) is 3.57. The molecule has 3 aromatic carbocycles. The van der Waals surface area contributed by atoms with Crippen LogP contribution in [0, 0.1) is 0 Å². The van der Waals surface area contributed by atoms with Crippen molar-refractivity contribution in [2.24, 2.45) is 5.73 Å². The first kappa shape index (κ1) is 21.3. The van der Waals surface area contributed by atoms with E-state index >= 15 is 0 Å². The van der Waals surface area contributed by atoms with E-state index in [1.807, 2.05) is 54.6 Å². The van der Waals surface area contributed by atoms with E-state index in [-0.39, 0.29) is 12.3 Å². The van der Waals surface area contributed by atoms with Crippen molar-refractivity contribution in [3.63, 3.8) is 0 Å². The molecular formula is C25H26N2O3. The minimum atomic E-state index is -1.08. The first-order valence-electron chi connectivity index (χ1n) is 9.81. The number of nitrogens with one attached hydrogen (secondary N) is 1. The summed E-state index contributed by atoms with van der Waals surface area (Å²) < 4.78 is 5.58. The van der Waals surface area contributed by atoms with Gasteiger partial charge in [-0.1, -0.05) is 91.0 Å². The third-order valence-corrected chi connectivity index (χ3v) is 4.83. The highest BCUT2D eigenvalue weighted by molar-refractivity contribution is 5.80. The van der Waals surface area contributed by atoms with E-state index < -0.39 is 11.5 Å². The van der Waals surface area contributed by atoms with Crippen LogP contribution in [0.1, 0.15) is 16.7 Å². The standard InChI is InChI=1S/C25H26N2O3/c26-23(18-24(28)29)19-30-17-16-27-25(20-10-4-1-5-11-20,21-12-6-2-7-13-21)22-14-8-3-9-15-22/h1-15,18,27H,16-17,19,26H2,(H,28,29)/b23-18-. The van der Waals surface area contributed by atoms with Crippen LogP contribution in [0.25, 0.3) is 0 Å². The number of nitrogens with two attached hydrogens (primary N) is 1. The number of hydrogen-bond donors (Lipinski definition) is 3. The highest BCUT2D eigenvalue weighted by Gasteiger charge is 2.35. The lowest BCUT2D eigenvalue weighted by molar-refractivity contribution is -0.131. The second-order valence-electron chi connectivity index (χ2n) is 6.88. The minimum absolute atomic E-state index is 0.0724. The van der Waals surface area contributed by atoms with Crippen LogP contribution in [-0.2, 0) is 15.1 Å². The van der Waals surface area contributed by atoms with Crippen LogP contribution < -0.4 is 11.1 Å². The molecule has 0 bridgehead atoms. The van der Waals surface area contributed by atoms with E-state index in [2.05, 4.69) is 41.7 Å². The molecule has 0 saturated carbocycles. The van der Waals surface area contributed by atoms with Crippen molar-refractivity contribution < 1.29 is 14.6 Å². The predicted molar refractivity (Wildman–Crippen MR) is 118 cm³/mol. The van der Waals surface area contributed by atoms with E-state index in [9.17, 15) is 4.79 Å². The van der Waals surface area contributed by atoms with Gasteiger partial charge in [-0.15, -0.1) is 0 Å². The van der Waals surface area contributed by atoms with Crippen molar-refractivity contribution in [2.75, 3.05) is 19.8 Å². The van der Waals surface area contributed by atoms with E-state index in [1.54, 1.807) is 0 Å². The third kappa shape index (κ3) is 5.14. The van der Waals surface area contributed by atoms with Crippen LogP contribution in [0.15, 0.2) is 103 Å². The van der Waals surface area contributed by atoms with Gasteiger partial charge in [0, 0.05) is 18.3 Å². The molecular weight excluding hydrogens is 376 g/mol. The summed E-state index contributed by atoms with van der Waals surface area (Å²) in [7, 11) is 0. The molecule has 0 atom stereocenters. The van der Waals surface area contributed by atoms with Gasteiger partial charge in [0.05, 0.1) is 18.8 Å². The van der Waals surface area contributed by atoms with Gasteiger partial charge >= 0.3 is 5.97 Å². The van der Waals surface area contributed by atoms with E-state index in [1.165, 1.54) is 0 Å². The summed E-state index contributed by atoms with van der Waals surface area (Å²) in [4.78, 5) is 10.7. The molecule has 5 heteroatoms. The summed E-state index contributed by atoms with van der Waals surface area (Å²) in [5.74, 6) is -1.08. The monoisotopic (exact) mass is 402 g/mol. The maximum atomic E-state index is 10.7. The Balaban J connectivity index is 1.89. The number of carboxylic acids is 1. The second kappa shape index (κ2) is 10.4. The smallest absolute Gasteiger partial charge is 0.330 e. The van der Waals surface area contributed by atoms with Crippen LogP contribution in [0.2, 0.25) is 0 Å². The van der Waals surface area contributed by atoms with E-state index in [4.69, 9.17) is 15.6 Å². The zero-order valence-electron chi connectivity index (χ0n) is 16.7. The van der Waals surface area contributed by atoms with Crippen LogP contribution >= 0.6 is 0 Å². The van der Waals surface area contributed by atoms with E-state index in [0.717, 1.165) is 22.8 Å². The number of hydrogen-bond acceptors (Lipinski definition) is 4. The molecule has 0 saturated heterocycles. The van der Waals surface area contributed by atoms with Crippen molar-refractivity contribution in [3.05, 3.63) is 119 Å². The SMILES string of the molecule is N/C(=C\C(=O)O)COCCNC(c1ccccc1)(c1ccccc1)c1ccccc1.